The average Bonchev–Trinajstić information content (AvgIpc) is 2.79. The lowest BCUT2D eigenvalue weighted by atomic mass is 10.2. The first-order valence-electron chi connectivity index (χ1n) is 6.38. The van der Waals surface area contributed by atoms with Crippen LogP contribution in [0.25, 0.3) is 11.0 Å². The molecule has 118 valence electrons. The van der Waals surface area contributed by atoms with Crippen LogP contribution in [0.15, 0.2) is 50.9 Å². The minimum absolute atomic E-state index is 0.0134. The van der Waals surface area contributed by atoms with E-state index in [1.54, 1.807) is 6.20 Å². The number of benzene rings is 1. The second kappa shape index (κ2) is 5.76. The summed E-state index contributed by atoms with van der Waals surface area (Å²) in [6.45, 7) is 0. The topological polar surface area (TPSA) is 121 Å². The highest BCUT2D eigenvalue weighted by Gasteiger charge is 2.10. The lowest BCUT2D eigenvalue weighted by Gasteiger charge is -1.98. The van der Waals surface area contributed by atoms with Crippen molar-refractivity contribution in [3.63, 3.8) is 0 Å². The van der Waals surface area contributed by atoms with E-state index in [1.807, 2.05) is 6.07 Å². The molecule has 0 aliphatic rings. The van der Waals surface area contributed by atoms with Crippen molar-refractivity contribution in [2.24, 2.45) is 10.1 Å². The zero-order valence-electron chi connectivity index (χ0n) is 11.6. The SMILES string of the molecule is NS(=O)(=O)c1ccc(N=Cc2c(O)[nH]c3ncc(Br)cc23)cc1. The number of rotatable bonds is 3. The zero-order chi connectivity index (χ0) is 16.6. The van der Waals surface area contributed by atoms with Gasteiger partial charge in [0, 0.05) is 22.3 Å². The maximum Gasteiger partial charge on any atom is 0.238 e. The number of H-pyrrole nitrogens is 1. The number of aromatic hydroxyl groups is 1. The number of primary sulfonamides is 1. The van der Waals surface area contributed by atoms with Crippen LogP contribution in [0.5, 0.6) is 5.88 Å². The summed E-state index contributed by atoms with van der Waals surface area (Å²) in [5, 5.41) is 15.7. The van der Waals surface area contributed by atoms with E-state index in [1.165, 1.54) is 30.5 Å². The fourth-order valence-electron chi connectivity index (χ4n) is 2.04. The van der Waals surface area contributed by atoms with Gasteiger partial charge in [-0.1, -0.05) is 0 Å². The third-order valence-corrected chi connectivity index (χ3v) is 4.51. The van der Waals surface area contributed by atoms with Gasteiger partial charge in [0.15, 0.2) is 5.88 Å². The molecule has 0 aliphatic carbocycles. The Morgan fingerprint density at radius 2 is 2.00 bits per heavy atom. The second-order valence-corrected chi connectivity index (χ2v) is 7.21. The number of aliphatic imine (C=N–C) groups is 1. The van der Waals surface area contributed by atoms with E-state index in [9.17, 15) is 13.5 Å². The van der Waals surface area contributed by atoms with Gasteiger partial charge >= 0.3 is 0 Å². The lowest BCUT2D eigenvalue weighted by Crippen LogP contribution is -2.11. The van der Waals surface area contributed by atoms with Crippen molar-refractivity contribution in [1.29, 1.82) is 0 Å². The molecule has 0 amide bonds. The van der Waals surface area contributed by atoms with Gasteiger partial charge in [-0.05, 0) is 46.3 Å². The van der Waals surface area contributed by atoms with Gasteiger partial charge in [0.2, 0.25) is 10.0 Å². The molecule has 0 radical (unpaired) electrons. The van der Waals surface area contributed by atoms with Gasteiger partial charge in [-0.15, -0.1) is 0 Å². The Bertz CT molecular complexity index is 1010. The van der Waals surface area contributed by atoms with E-state index in [0.29, 0.717) is 22.3 Å². The highest BCUT2D eigenvalue weighted by atomic mass is 79.9. The standard InChI is InChI=1S/C14H11BrN4O3S/c15-8-5-11-12(14(20)19-13(11)18-6-8)7-17-9-1-3-10(4-2-9)23(16,21)22/h1-7,20H,(H,18,19)(H2,16,21,22). The summed E-state index contributed by atoms with van der Waals surface area (Å²) in [6.07, 6.45) is 3.10. The van der Waals surface area contributed by atoms with Crippen molar-refractivity contribution in [3.05, 3.63) is 46.6 Å². The number of pyridine rings is 1. The van der Waals surface area contributed by atoms with Crippen LogP contribution >= 0.6 is 15.9 Å². The number of fused-ring (bicyclic) bond motifs is 1. The predicted molar refractivity (Wildman–Crippen MR) is 90.5 cm³/mol. The van der Waals surface area contributed by atoms with Crippen molar-refractivity contribution in [3.8, 4) is 5.88 Å². The van der Waals surface area contributed by atoms with Crippen LogP contribution in [0.4, 0.5) is 5.69 Å². The number of hydrogen-bond donors (Lipinski definition) is 3. The largest absolute Gasteiger partial charge is 0.494 e. The molecule has 9 heteroatoms. The highest BCUT2D eigenvalue weighted by molar-refractivity contribution is 9.10. The number of aromatic nitrogens is 2. The Morgan fingerprint density at radius 3 is 2.65 bits per heavy atom. The van der Waals surface area contributed by atoms with Crippen molar-refractivity contribution in [1.82, 2.24) is 9.97 Å². The van der Waals surface area contributed by atoms with Crippen LogP contribution in [0.2, 0.25) is 0 Å². The molecular formula is C14H11BrN4O3S. The second-order valence-electron chi connectivity index (χ2n) is 4.73. The smallest absolute Gasteiger partial charge is 0.238 e. The molecule has 23 heavy (non-hydrogen) atoms. The molecule has 3 rings (SSSR count). The van der Waals surface area contributed by atoms with E-state index in [2.05, 4.69) is 30.9 Å². The van der Waals surface area contributed by atoms with Gasteiger partial charge in [-0.25, -0.2) is 18.5 Å². The molecule has 0 saturated carbocycles. The normalized spacial score (nSPS) is 12.3. The Kier molecular flexibility index (Phi) is 3.92. The van der Waals surface area contributed by atoms with Gasteiger partial charge in [0.1, 0.15) is 5.65 Å². The number of hydrogen-bond acceptors (Lipinski definition) is 5. The molecule has 0 unspecified atom stereocenters. The van der Waals surface area contributed by atoms with Gasteiger partial charge in [-0.2, -0.15) is 0 Å². The minimum atomic E-state index is -3.73. The van der Waals surface area contributed by atoms with Crippen molar-refractivity contribution >= 4 is 48.9 Å². The zero-order valence-corrected chi connectivity index (χ0v) is 14.0. The summed E-state index contributed by atoms with van der Waals surface area (Å²) in [5.41, 5.74) is 1.55. The molecule has 7 nitrogen and oxygen atoms in total. The molecule has 3 aromatic rings. The number of nitrogens with two attached hydrogens (primary N) is 1. The molecule has 1 aromatic carbocycles. The van der Waals surface area contributed by atoms with Gasteiger partial charge in [0.25, 0.3) is 0 Å². The van der Waals surface area contributed by atoms with Crippen LogP contribution in [-0.2, 0) is 10.0 Å². The predicted octanol–water partition coefficient (Wildman–Crippen LogP) is 2.43. The molecule has 0 saturated heterocycles. The maximum absolute atomic E-state index is 11.2. The molecule has 2 heterocycles. The van der Waals surface area contributed by atoms with E-state index >= 15 is 0 Å². The highest BCUT2D eigenvalue weighted by Crippen LogP contribution is 2.27. The Hall–Kier alpha value is -2.23. The number of nitrogens with one attached hydrogen (secondary N) is 1. The quantitative estimate of drug-likeness (QED) is 0.590. The fraction of sp³-hybridized carbons (Fsp3) is 0. The third kappa shape index (κ3) is 3.26. The first kappa shape index (κ1) is 15.7. The summed E-state index contributed by atoms with van der Waals surface area (Å²) >= 11 is 3.33. The fourth-order valence-corrected chi connectivity index (χ4v) is 2.89. The van der Waals surface area contributed by atoms with E-state index in [0.717, 1.165) is 4.47 Å². The molecule has 0 aliphatic heterocycles. The number of sulfonamides is 1. The first-order valence-corrected chi connectivity index (χ1v) is 8.71. The van der Waals surface area contributed by atoms with Crippen LogP contribution < -0.4 is 5.14 Å². The molecule has 0 atom stereocenters. The Labute approximate surface area is 140 Å². The molecule has 0 spiro atoms. The van der Waals surface area contributed by atoms with E-state index in [4.69, 9.17) is 5.14 Å². The summed E-state index contributed by atoms with van der Waals surface area (Å²) in [6, 6.07) is 7.60. The van der Waals surface area contributed by atoms with Crippen molar-refractivity contribution in [2.45, 2.75) is 4.90 Å². The molecular weight excluding hydrogens is 384 g/mol. The molecule has 0 fully saturated rings. The third-order valence-electron chi connectivity index (χ3n) is 3.14. The number of halogens is 1. The first-order chi connectivity index (χ1) is 10.8. The van der Waals surface area contributed by atoms with Crippen molar-refractivity contribution in [2.75, 3.05) is 0 Å². The molecule has 2 aromatic heterocycles. The Morgan fingerprint density at radius 1 is 1.30 bits per heavy atom. The summed E-state index contributed by atoms with van der Waals surface area (Å²) in [4.78, 5) is 11.1. The van der Waals surface area contributed by atoms with Gasteiger partial charge in [0.05, 0.1) is 16.1 Å². The molecule has 4 N–H and O–H groups in total. The van der Waals surface area contributed by atoms with E-state index in [-0.39, 0.29) is 10.8 Å². The monoisotopic (exact) mass is 394 g/mol. The summed E-state index contributed by atoms with van der Waals surface area (Å²) < 4.78 is 23.2. The van der Waals surface area contributed by atoms with E-state index < -0.39 is 10.0 Å². The number of nitrogens with zero attached hydrogens (tertiary/aromatic N) is 2. The van der Waals surface area contributed by atoms with Crippen LogP contribution in [-0.4, -0.2) is 29.7 Å². The molecule has 0 bridgehead atoms. The van der Waals surface area contributed by atoms with Gasteiger partial charge in [-0.3, -0.25) is 4.99 Å². The summed E-state index contributed by atoms with van der Waals surface area (Å²) in [7, 11) is -3.73. The minimum Gasteiger partial charge on any atom is -0.494 e. The maximum atomic E-state index is 11.2. The van der Waals surface area contributed by atoms with Gasteiger partial charge < -0.3 is 10.1 Å². The number of aromatic amines is 1. The van der Waals surface area contributed by atoms with Crippen LogP contribution in [0, 0.1) is 0 Å². The van der Waals surface area contributed by atoms with Crippen LogP contribution in [0.1, 0.15) is 5.56 Å². The summed E-state index contributed by atoms with van der Waals surface area (Å²) in [5.74, 6) is -0.0458. The van der Waals surface area contributed by atoms with Crippen molar-refractivity contribution < 1.29 is 13.5 Å². The average molecular weight is 395 g/mol. The Balaban J connectivity index is 1.97. The lowest BCUT2D eigenvalue weighted by molar-refractivity contribution is 0.457. The van der Waals surface area contributed by atoms with Crippen LogP contribution in [0.3, 0.4) is 0 Å².